The molecular formula is C29H35ClN6O5. The number of halogens is 1. The van der Waals surface area contributed by atoms with E-state index in [0.29, 0.717) is 84.0 Å². The zero-order valence-electron chi connectivity index (χ0n) is 23.3. The van der Waals surface area contributed by atoms with Gasteiger partial charge in [-0.1, -0.05) is 18.2 Å². The highest BCUT2D eigenvalue weighted by atomic mass is 35.5. The standard InChI is InChI=1S/C29H35ClN6O5/c1-4-25(37)35-9-5-19(6-10-35)31-8-11-36-27-18(16-32-29(34-27)33-20-7-12-41-17-20)13-23(28(36)38)22-14-21(39-2)15-24(40-3)26(22)30/h4,13-16,19-20,31H,1,5-12,17H2,2-3H3,(H,32,33,34). The number of carbonyl (C=O) groups is 1. The SMILES string of the molecule is C=CC(=O)N1CCC(NCCn2c(=O)c(-c3cc(OC)cc(OC)c3Cl)cc3cnc(NC4CCOC4)nc32)CC1. The minimum Gasteiger partial charge on any atom is -0.497 e. The number of fused-ring (bicyclic) bond motifs is 1. The van der Waals surface area contributed by atoms with Crippen LogP contribution in [0, 0.1) is 0 Å². The maximum absolute atomic E-state index is 14.1. The van der Waals surface area contributed by atoms with Gasteiger partial charge in [-0.2, -0.15) is 4.98 Å². The van der Waals surface area contributed by atoms with Crippen molar-refractivity contribution in [2.75, 3.05) is 52.4 Å². The van der Waals surface area contributed by atoms with Crippen LogP contribution in [0.4, 0.5) is 5.95 Å². The van der Waals surface area contributed by atoms with Gasteiger partial charge in [0.2, 0.25) is 11.9 Å². The number of pyridine rings is 1. The van der Waals surface area contributed by atoms with Crippen molar-refractivity contribution in [3.05, 3.63) is 52.4 Å². The van der Waals surface area contributed by atoms with Gasteiger partial charge < -0.3 is 29.7 Å². The molecule has 11 nitrogen and oxygen atoms in total. The lowest BCUT2D eigenvalue weighted by atomic mass is 10.0. The monoisotopic (exact) mass is 582 g/mol. The van der Waals surface area contributed by atoms with E-state index >= 15 is 0 Å². The summed E-state index contributed by atoms with van der Waals surface area (Å²) in [6.45, 7) is 7.11. The number of amides is 1. The third-order valence-electron chi connectivity index (χ3n) is 7.60. The third-order valence-corrected chi connectivity index (χ3v) is 7.99. The summed E-state index contributed by atoms with van der Waals surface area (Å²) in [5.41, 5.74) is 1.18. The Kier molecular flexibility index (Phi) is 9.06. The van der Waals surface area contributed by atoms with Crippen molar-refractivity contribution in [3.63, 3.8) is 0 Å². The van der Waals surface area contributed by atoms with E-state index < -0.39 is 0 Å². The number of anilines is 1. The molecule has 0 bridgehead atoms. The molecule has 2 fully saturated rings. The molecule has 12 heteroatoms. The molecule has 1 unspecified atom stereocenters. The molecule has 4 heterocycles. The molecular weight excluding hydrogens is 548 g/mol. The second-order valence-electron chi connectivity index (χ2n) is 10.1. The van der Waals surface area contributed by atoms with E-state index in [4.69, 9.17) is 30.8 Å². The summed E-state index contributed by atoms with van der Waals surface area (Å²) in [7, 11) is 3.07. The smallest absolute Gasteiger partial charge is 0.260 e. The molecule has 1 amide bonds. The number of aromatic nitrogens is 3. The minimum atomic E-state index is -0.239. The maximum atomic E-state index is 14.1. The Bertz CT molecular complexity index is 1480. The van der Waals surface area contributed by atoms with Gasteiger partial charge in [0.25, 0.3) is 5.56 Å². The van der Waals surface area contributed by atoms with Crippen molar-refractivity contribution in [3.8, 4) is 22.6 Å². The van der Waals surface area contributed by atoms with Gasteiger partial charge in [0.1, 0.15) is 17.1 Å². The highest BCUT2D eigenvalue weighted by Crippen LogP contribution is 2.38. The number of carbonyl (C=O) groups excluding carboxylic acids is 1. The summed E-state index contributed by atoms with van der Waals surface area (Å²) in [6.07, 6.45) is 5.59. The van der Waals surface area contributed by atoms with Crippen molar-refractivity contribution < 1.29 is 19.0 Å². The number of hydrogen-bond acceptors (Lipinski definition) is 9. The van der Waals surface area contributed by atoms with Gasteiger partial charge in [0.15, 0.2) is 0 Å². The first-order valence-corrected chi connectivity index (χ1v) is 14.1. The summed E-state index contributed by atoms with van der Waals surface area (Å²) in [6, 6.07) is 5.52. The molecule has 0 radical (unpaired) electrons. The predicted molar refractivity (Wildman–Crippen MR) is 158 cm³/mol. The number of benzene rings is 1. The van der Waals surface area contributed by atoms with Crippen LogP contribution < -0.4 is 25.7 Å². The van der Waals surface area contributed by atoms with Crippen LogP contribution in [-0.4, -0.2) is 84.5 Å². The zero-order chi connectivity index (χ0) is 28.9. The summed E-state index contributed by atoms with van der Waals surface area (Å²) in [5, 5.41) is 7.89. The molecule has 2 aliphatic rings. The molecule has 0 spiro atoms. The van der Waals surface area contributed by atoms with Gasteiger partial charge >= 0.3 is 0 Å². The van der Waals surface area contributed by atoms with Gasteiger partial charge in [-0.15, -0.1) is 0 Å². The average Bonchev–Trinajstić information content (AvgIpc) is 3.51. The molecule has 1 atom stereocenters. The van der Waals surface area contributed by atoms with Crippen LogP contribution in [0.15, 0.2) is 41.8 Å². The molecule has 2 aromatic heterocycles. The van der Waals surface area contributed by atoms with Crippen LogP contribution >= 0.6 is 11.6 Å². The Morgan fingerprint density at radius 1 is 1.17 bits per heavy atom. The first kappa shape index (κ1) is 28.8. The van der Waals surface area contributed by atoms with E-state index in [9.17, 15) is 9.59 Å². The molecule has 3 aromatic rings. The quantitative estimate of drug-likeness (QED) is 0.347. The first-order chi connectivity index (χ1) is 19.9. The van der Waals surface area contributed by atoms with E-state index in [1.54, 1.807) is 41.0 Å². The number of nitrogens with zero attached hydrogens (tertiary/aromatic N) is 4. The van der Waals surface area contributed by atoms with Crippen molar-refractivity contribution in [1.29, 1.82) is 0 Å². The normalized spacial score (nSPS) is 17.5. The molecule has 1 aromatic carbocycles. The van der Waals surface area contributed by atoms with Crippen LogP contribution in [0.3, 0.4) is 0 Å². The third kappa shape index (κ3) is 6.32. The highest BCUT2D eigenvalue weighted by Gasteiger charge is 2.23. The fraction of sp³-hybridized carbons (Fsp3) is 0.448. The number of piperidine rings is 1. The molecule has 2 saturated heterocycles. The summed E-state index contributed by atoms with van der Waals surface area (Å²) < 4.78 is 18.0. The number of methoxy groups -OCH3 is 2. The molecule has 5 rings (SSSR count). The number of likely N-dealkylation sites (tertiary alicyclic amines) is 1. The van der Waals surface area contributed by atoms with Crippen molar-refractivity contribution in [2.45, 2.75) is 37.9 Å². The average molecular weight is 583 g/mol. The van der Waals surface area contributed by atoms with Gasteiger partial charge in [0.05, 0.1) is 31.9 Å². The van der Waals surface area contributed by atoms with Crippen LogP contribution in [0.1, 0.15) is 19.3 Å². The molecule has 218 valence electrons. The fourth-order valence-electron chi connectivity index (χ4n) is 5.31. The van der Waals surface area contributed by atoms with Crippen LogP contribution in [-0.2, 0) is 16.1 Å². The summed E-state index contributed by atoms with van der Waals surface area (Å²) in [4.78, 5) is 37.1. The van der Waals surface area contributed by atoms with Crippen LogP contribution in [0.2, 0.25) is 5.02 Å². The minimum absolute atomic E-state index is 0.0422. The topological polar surface area (TPSA) is 120 Å². The Morgan fingerprint density at radius 3 is 2.66 bits per heavy atom. The Balaban J connectivity index is 1.47. The highest BCUT2D eigenvalue weighted by molar-refractivity contribution is 6.35. The summed E-state index contributed by atoms with van der Waals surface area (Å²) in [5.74, 6) is 1.33. The lowest BCUT2D eigenvalue weighted by Crippen LogP contribution is -2.45. The van der Waals surface area contributed by atoms with E-state index in [0.717, 1.165) is 19.3 Å². The first-order valence-electron chi connectivity index (χ1n) is 13.7. The van der Waals surface area contributed by atoms with Crippen LogP contribution in [0.5, 0.6) is 11.5 Å². The molecule has 0 aliphatic carbocycles. The van der Waals surface area contributed by atoms with Gasteiger partial charge in [-0.3, -0.25) is 14.2 Å². The van der Waals surface area contributed by atoms with Crippen molar-refractivity contribution in [1.82, 2.24) is 24.8 Å². The maximum Gasteiger partial charge on any atom is 0.260 e. The van der Waals surface area contributed by atoms with E-state index in [2.05, 4.69) is 22.2 Å². The molecule has 41 heavy (non-hydrogen) atoms. The number of rotatable bonds is 10. The van der Waals surface area contributed by atoms with Crippen molar-refractivity contribution in [2.24, 2.45) is 0 Å². The number of nitrogens with one attached hydrogen (secondary N) is 2. The molecule has 2 N–H and O–H groups in total. The molecule has 2 aliphatic heterocycles. The van der Waals surface area contributed by atoms with Crippen LogP contribution in [0.25, 0.3) is 22.2 Å². The second-order valence-corrected chi connectivity index (χ2v) is 10.5. The van der Waals surface area contributed by atoms with E-state index in [1.165, 1.54) is 13.2 Å². The fourth-order valence-corrected chi connectivity index (χ4v) is 5.60. The largest absolute Gasteiger partial charge is 0.497 e. The number of hydrogen-bond donors (Lipinski definition) is 2. The Morgan fingerprint density at radius 2 is 1.98 bits per heavy atom. The predicted octanol–water partition coefficient (Wildman–Crippen LogP) is 3.10. The zero-order valence-corrected chi connectivity index (χ0v) is 24.1. The molecule has 0 saturated carbocycles. The second kappa shape index (κ2) is 12.9. The lowest BCUT2D eigenvalue weighted by Gasteiger charge is -2.32. The van der Waals surface area contributed by atoms with E-state index in [-0.39, 0.29) is 23.6 Å². The van der Waals surface area contributed by atoms with E-state index in [1.807, 2.05) is 0 Å². The van der Waals surface area contributed by atoms with Gasteiger partial charge in [-0.05, 0) is 37.5 Å². The van der Waals surface area contributed by atoms with Gasteiger partial charge in [0, 0.05) is 67.6 Å². The Hall–Kier alpha value is -3.67. The van der Waals surface area contributed by atoms with Gasteiger partial charge in [-0.25, -0.2) is 4.98 Å². The lowest BCUT2D eigenvalue weighted by molar-refractivity contribution is -0.127. The Labute approximate surface area is 243 Å². The summed E-state index contributed by atoms with van der Waals surface area (Å²) >= 11 is 6.69. The number of ether oxygens (including phenoxy) is 3. The van der Waals surface area contributed by atoms with Crippen molar-refractivity contribution >= 4 is 34.5 Å².